The SMILES string of the molecule is O=C1OC(c2cccc([N+](=O)[O-])c2)=N/C1=C\C1=Cc2ccccc2OC1. The lowest BCUT2D eigenvalue weighted by Gasteiger charge is -2.15. The van der Waals surface area contributed by atoms with Crippen molar-refractivity contribution in [2.24, 2.45) is 4.99 Å². The summed E-state index contributed by atoms with van der Waals surface area (Å²) in [6.45, 7) is 0.315. The molecule has 2 aromatic carbocycles. The molecule has 2 aromatic rings. The molecule has 0 atom stereocenters. The van der Waals surface area contributed by atoms with E-state index in [1.165, 1.54) is 18.2 Å². The van der Waals surface area contributed by atoms with Crippen LogP contribution in [0.3, 0.4) is 0 Å². The second-order valence-electron chi connectivity index (χ2n) is 5.69. The Balaban J connectivity index is 1.65. The Kier molecular flexibility index (Phi) is 3.81. The Hall–Kier alpha value is -3.74. The van der Waals surface area contributed by atoms with Crippen LogP contribution in [0.5, 0.6) is 5.75 Å². The molecule has 0 fully saturated rings. The number of hydrogen-bond donors (Lipinski definition) is 0. The van der Waals surface area contributed by atoms with Crippen molar-refractivity contribution in [2.75, 3.05) is 6.61 Å². The standard InChI is InChI=1S/C19H12N2O5/c22-19-16(9-12-8-13-4-1-2-7-17(13)25-11-12)20-18(26-19)14-5-3-6-15(10-14)21(23)24/h1-10H,11H2/b16-9-. The van der Waals surface area contributed by atoms with Crippen LogP contribution in [-0.2, 0) is 9.53 Å². The van der Waals surface area contributed by atoms with Gasteiger partial charge in [-0.15, -0.1) is 0 Å². The number of fused-ring (bicyclic) bond motifs is 1. The van der Waals surface area contributed by atoms with Crippen LogP contribution in [0, 0.1) is 10.1 Å². The summed E-state index contributed by atoms with van der Waals surface area (Å²) >= 11 is 0. The van der Waals surface area contributed by atoms with E-state index in [9.17, 15) is 14.9 Å². The number of carbonyl (C=O) groups excluding carboxylic acids is 1. The molecule has 0 spiro atoms. The van der Waals surface area contributed by atoms with E-state index in [1.54, 1.807) is 12.1 Å². The molecule has 0 unspecified atom stereocenters. The molecule has 2 aliphatic heterocycles. The summed E-state index contributed by atoms with van der Waals surface area (Å²) < 4.78 is 10.8. The van der Waals surface area contributed by atoms with Gasteiger partial charge in [-0.1, -0.05) is 24.3 Å². The van der Waals surface area contributed by atoms with Crippen molar-refractivity contribution >= 4 is 23.6 Å². The summed E-state index contributed by atoms with van der Waals surface area (Å²) in [5, 5.41) is 10.9. The number of non-ortho nitro benzene ring substituents is 1. The molecule has 0 aromatic heterocycles. The third kappa shape index (κ3) is 2.98. The van der Waals surface area contributed by atoms with Crippen molar-refractivity contribution in [2.45, 2.75) is 0 Å². The van der Waals surface area contributed by atoms with E-state index in [2.05, 4.69) is 4.99 Å². The first-order valence-corrected chi connectivity index (χ1v) is 7.80. The number of nitrogens with zero attached hydrogens (tertiary/aromatic N) is 2. The first kappa shape index (κ1) is 15.8. The second-order valence-corrected chi connectivity index (χ2v) is 5.69. The predicted octanol–water partition coefficient (Wildman–Crippen LogP) is 3.26. The zero-order chi connectivity index (χ0) is 18.1. The number of carbonyl (C=O) groups is 1. The van der Waals surface area contributed by atoms with Crippen molar-refractivity contribution in [3.8, 4) is 5.75 Å². The predicted molar refractivity (Wildman–Crippen MR) is 93.7 cm³/mol. The minimum absolute atomic E-state index is 0.0441. The molecule has 0 saturated heterocycles. The van der Waals surface area contributed by atoms with Crippen molar-refractivity contribution in [1.82, 2.24) is 0 Å². The van der Waals surface area contributed by atoms with E-state index in [-0.39, 0.29) is 17.3 Å². The molecule has 0 N–H and O–H groups in total. The van der Waals surface area contributed by atoms with E-state index in [1.807, 2.05) is 30.3 Å². The lowest BCUT2D eigenvalue weighted by molar-refractivity contribution is -0.384. The Morgan fingerprint density at radius 2 is 2.00 bits per heavy atom. The van der Waals surface area contributed by atoms with Crippen molar-refractivity contribution in [3.63, 3.8) is 0 Å². The van der Waals surface area contributed by atoms with Gasteiger partial charge in [-0.2, -0.15) is 0 Å². The Morgan fingerprint density at radius 1 is 1.15 bits per heavy atom. The summed E-state index contributed by atoms with van der Waals surface area (Å²) in [6.07, 6.45) is 3.52. The molecular weight excluding hydrogens is 336 g/mol. The largest absolute Gasteiger partial charge is 0.488 e. The molecule has 2 heterocycles. The monoisotopic (exact) mass is 348 g/mol. The first-order chi connectivity index (χ1) is 12.6. The highest BCUT2D eigenvalue weighted by atomic mass is 16.6. The van der Waals surface area contributed by atoms with Crippen LogP contribution >= 0.6 is 0 Å². The Labute approximate surface area is 148 Å². The lowest BCUT2D eigenvalue weighted by atomic mass is 10.1. The van der Waals surface area contributed by atoms with Crippen LogP contribution < -0.4 is 4.74 Å². The average Bonchev–Trinajstić information content (AvgIpc) is 3.02. The van der Waals surface area contributed by atoms with Crippen LogP contribution in [0.1, 0.15) is 11.1 Å². The zero-order valence-corrected chi connectivity index (χ0v) is 13.4. The molecular formula is C19H12N2O5. The Morgan fingerprint density at radius 3 is 2.85 bits per heavy atom. The summed E-state index contributed by atoms with van der Waals surface area (Å²) in [5.74, 6) is 0.221. The number of nitro groups is 1. The quantitative estimate of drug-likeness (QED) is 0.367. The number of rotatable bonds is 3. The smallest absolute Gasteiger partial charge is 0.363 e. The number of nitro benzene ring substituents is 1. The van der Waals surface area contributed by atoms with E-state index < -0.39 is 10.9 Å². The fraction of sp³-hybridized carbons (Fsp3) is 0.0526. The van der Waals surface area contributed by atoms with Gasteiger partial charge in [0.05, 0.1) is 4.92 Å². The molecule has 128 valence electrons. The molecule has 0 aliphatic carbocycles. The molecule has 7 nitrogen and oxygen atoms in total. The van der Waals surface area contributed by atoms with E-state index in [4.69, 9.17) is 9.47 Å². The van der Waals surface area contributed by atoms with Crippen molar-refractivity contribution < 1.29 is 19.2 Å². The number of aliphatic imine (C=N–C) groups is 1. The Bertz CT molecular complexity index is 1020. The third-order valence-electron chi connectivity index (χ3n) is 3.90. The molecule has 0 amide bonds. The second kappa shape index (κ2) is 6.29. The molecule has 0 saturated carbocycles. The van der Waals surface area contributed by atoms with E-state index in [0.717, 1.165) is 16.9 Å². The maximum Gasteiger partial charge on any atom is 0.363 e. The number of para-hydroxylation sites is 1. The summed E-state index contributed by atoms with van der Waals surface area (Å²) in [6, 6.07) is 13.4. The number of cyclic esters (lactones) is 1. The molecule has 26 heavy (non-hydrogen) atoms. The van der Waals surface area contributed by atoms with Crippen LogP contribution in [0.4, 0.5) is 5.69 Å². The zero-order valence-electron chi connectivity index (χ0n) is 13.4. The van der Waals surface area contributed by atoms with Crippen molar-refractivity contribution in [1.29, 1.82) is 0 Å². The lowest BCUT2D eigenvalue weighted by Crippen LogP contribution is -2.08. The van der Waals surface area contributed by atoms with Crippen molar-refractivity contribution in [3.05, 3.63) is 87.1 Å². The minimum Gasteiger partial charge on any atom is -0.488 e. The van der Waals surface area contributed by atoms with Crippen LogP contribution in [-0.4, -0.2) is 23.4 Å². The van der Waals surface area contributed by atoms with Gasteiger partial charge in [-0.25, -0.2) is 9.79 Å². The summed E-state index contributed by atoms with van der Waals surface area (Å²) in [7, 11) is 0. The molecule has 2 aliphatic rings. The number of benzene rings is 2. The highest BCUT2D eigenvalue weighted by molar-refractivity contribution is 6.11. The fourth-order valence-electron chi connectivity index (χ4n) is 2.68. The number of esters is 1. The van der Waals surface area contributed by atoms with Gasteiger partial charge in [0.15, 0.2) is 5.70 Å². The molecule has 4 rings (SSSR count). The fourth-order valence-corrected chi connectivity index (χ4v) is 2.68. The van der Waals surface area contributed by atoms with E-state index >= 15 is 0 Å². The highest BCUT2D eigenvalue weighted by Gasteiger charge is 2.26. The average molecular weight is 348 g/mol. The summed E-state index contributed by atoms with van der Waals surface area (Å²) in [4.78, 5) is 26.6. The van der Waals surface area contributed by atoms with Gasteiger partial charge >= 0.3 is 5.97 Å². The van der Waals surface area contributed by atoms with Crippen LogP contribution in [0.2, 0.25) is 0 Å². The maximum atomic E-state index is 12.1. The van der Waals surface area contributed by atoms with Gasteiger partial charge in [0, 0.05) is 23.3 Å². The number of ether oxygens (including phenoxy) is 2. The minimum atomic E-state index is -0.605. The topological polar surface area (TPSA) is 91.0 Å². The van der Waals surface area contributed by atoms with E-state index in [0.29, 0.717) is 12.2 Å². The third-order valence-corrected chi connectivity index (χ3v) is 3.90. The highest BCUT2D eigenvalue weighted by Crippen LogP contribution is 2.28. The van der Waals surface area contributed by atoms with Crippen LogP contribution in [0.25, 0.3) is 6.08 Å². The van der Waals surface area contributed by atoms with Gasteiger partial charge in [0.2, 0.25) is 5.90 Å². The molecule has 7 heteroatoms. The number of hydrogen-bond acceptors (Lipinski definition) is 6. The maximum absolute atomic E-state index is 12.1. The summed E-state index contributed by atoms with van der Waals surface area (Å²) in [5.41, 5.74) is 2.09. The van der Waals surface area contributed by atoms with Gasteiger partial charge < -0.3 is 9.47 Å². The van der Waals surface area contributed by atoms with Gasteiger partial charge in [-0.05, 0) is 29.9 Å². The van der Waals surface area contributed by atoms with Gasteiger partial charge in [0.1, 0.15) is 12.4 Å². The van der Waals surface area contributed by atoms with Gasteiger partial charge in [-0.3, -0.25) is 10.1 Å². The first-order valence-electron chi connectivity index (χ1n) is 7.80. The normalized spacial score (nSPS) is 17.1. The molecule has 0 bridgehead atoms. The van der Waals surface area contributed by atoms with Crippen LogP contribution in [0.15, 0.2) is 70.9 Å². The molecule has 0 radical (unpaired) electrons. The van der Waals surface area contributed by atoms with Gasteiger partial charge in [0.25, 0.3) is 5.69 Å².